The highest BCUT2D eigenvalue weighted by Crippen LogP contribution is 2.29. The third-order valence-corrected chi connectivity index (χ3v) is 2.77. The first-order valence-corrected chi connectivity index (χ1v) is 4.70. The lowest BCUT2D eigenvalue weighted by molar-refractivity contribution is 1.29. The molecule has 0 bridgehead atoms. The van der Waals surface area contributed by atoms with Crippen LogP contribution in [0.2, 0.25) is 0 Å². The summed E-state index contributed by atoms with van der Waals surface area (Å²) in [7, 11) is 0. The highest BCUT2D eigenvalue weighted by atomic mass is 14.7. The maximum Gasteiger partial charge on any atom is 0.102 e. The van der Waals surface area contributed by atoms with E-state index in [1.165, 1.54) is 0 Å². The zero-order chi connectivity index (χ0) is 11.0. The predicted octanol–water partition coefficient (Wildman–Crippen LogP) is 2.31. The van der Waals surface area contributed by atoms with Gasteiger partial charge < -0.3 is 5.73 Å². The summed E-state index contributed by atoms with van der Waals surface area (Å²) in [4.78, 5) is 4.29. The van der Waals surface area contributed by atoms with E-state index in [4.69, 9.17) is 11.0 Å². The fraction of sp³-hybridized carbons (Fsp3) is 0.167. The molecule has 0 saturated heterocycles. The van der Waals surface area contributed by atoms with E-state index in [-0.39, 0.29) is 0 Å². The van der Waals surface area contributed by atoms with E-state index in [9.17, 15) is 0 Å². The van der Waals surface area contributed by atoms with E-state index in [0.29, 0.717) is 11.3 Å². The first-order valence-electron chi connectivity index (χ1n) is 4.70. The normalized spacial score (nSPS) is 10.2. The number of aryl methyl sites for hydroxylation is 1. The van der Waals surface area contributed by atoms with Crippen LogP contribution in [-0.4, -0.2) is 4.98 Å². The Bertz CT molecular complexity index is 579. The van der Waals surface area contributed by atoms with Gasteiger partial charge in [0.15, 0.2) is 0 Å². The minimum absolute atomic E-state index is 0.531. The molecule has 0 aliphatic carbocycles. The Labute approximate surface area is 88.2 Å². The van der Waals surface area contributed by atoms with Crippen molar-refractivity contribution < 1.29 is 0 Å². The summed E-state index contributed by atoms with van der Waals surface area (Å²) in [5, 5.41) is 9.89. The Morgan fingerprint density at radius 1 is 1.33 bits per heavy atom. The molecule has 0 unspecified atom stereocenters. The third kappa shape index (κ3) is 1.23. The molecule has 0 aliphatic heterocycles. The van der Waals surface area contributed by atoms with Gasteiger partial charge in [0.2, 0.25) is 0 Å². The summed E-state index contributed by atoms with van der Waals surface area (Å²) in [6.45, 7) is 3.86. The molecule has 74 valence electrons. The van der Waals surface area contributed by atoms with Crippen LogP contribution >= 0.6 is 0 Å². The summed E-state index contributed by atoms with van der Waals surface area (Å²) in [6, 6.07) is 5.87. The van der Waals surface area contributed by atoms with Crippen LogP contribution in [0.25, 0.3) is 10.9 Å². The quantitative estimate of drug-likeness (QED) is 0.659. The lowest BCUT2D eigenvalue weighted by atomic mass is 9.97. The maximum atomic E-state index is 9.03. The number of nitrogens with zero attached hydrogens (tertiary/aromatic N) is 2. The van der Waals surface area contributed by atoms with Gasteiger partial charge in [0, 0.05) is 11.6 Å². The van der Waals surface area contributed by atoms with Gasteiger partial charge in [0.05, 0.1) is 16.8 Å². The van der Waals surface area contributed by atoms with Gasteiger partial charge in [-0.25, -0.2) is 0 Å². The molecular weight excluding hydrogens is 186 g/mol. The largest absolute Gasteiger partial charge is 0.397 e. The van der Waals surface area contributed by atoms with Crippen LogP contribution in [0, 0.1) is 25.2 Å². The van der Waals surface area contributed by atoms with Gasteiger partial charge in [-0.05, 0) is 37.1 Å². The van der Waals surface area contributed by atoms with Crippen LogP contribution in [0.15, 0.2) is 18.3 Å². The standard InChI is InChI=1S/C12H11N3/c1-7-8(2)12-9(4-3-5-15-12)11(14)10(7)6-13/h3-5H,14H2,1-2H3. The van der Waals surface area contributed by atoms with Crippen molar-refractivity contribution in [1.29, 1.82) is 5.26 Å². The fourth-order valence-corrected chi connectivity index (χ4v) is 1.77. The zero-order valence-corrected chi connectivity index (χ0v) is 8.70. The number of hydrogen-bond acceptors (Lipinski definition) is 3. The van der Waals surface area contributed by atoms with Gasteiger partial charge in [-0.1, -0.05) is 0 Å². The molecule has 2 N–H and O–H groups in total. The number of aromatic nitrogens is 1. The van der Waals surface area contributed by atoms with E-state index in [0.717, 1.165) is 22.0 Å². The minimum Gasteiger partial charge on any atom is -0.397 e. The first-order chi connectivity index (χ1) is 7.16. The van der Waals surface area contributed by atoms with Crippen molar-refractivity contribution in [2.75, 3.05) is 5.73 Å². The average Bonchev–Trinajstić information content (AvgIpc) is 2.27. The number of anilines is 1. The van der Waals surface area contributed by atoms with E-state index in [1.54, 1.807) is 6.20 Å². The lowest BCUT2D eigenvalue weighted by Gasteiger charge is -2.10. The topological polar surface area (TPSA) is 62.7 Å². The summed E-state index contributed by atoms with van der Waals surface area (Å²) < 4.78 is 0. The molecule has 15 heavy (non-hydrogen) atoms. The average molecular weight is 197 g/mol. The highest BCUT2D eigenvalue weighted by Gasteiger charge is 2.12. The molecule has 0 fully saturated rings. The second-order valence-corrected chi connectivity index (χ2v) is 3.55. The third-order valence-electron chi connectivity index (χ3n) is 2.77. The van der Waals surface area contributed by atoms with Crippen molar-refractivity contribution >= 4 is 16.6 Å². The Morgan fingerprint density at radius 2 is 2.07 bits per heavy atom. The van der Waals surface area contributed by atoms with Crippen LogP contribution in [0.5, 0.6) is 0 Å². The van der Waals surface area contributed by atoms with Crippen molar-refractivity contribution in [2.45, 2.75) is 13.8 Å². The van der Waals surface area contributed by atoms with E-state index in [2.05, 4.69) is 11.1 Å². The van der Waals surface area contributed by atoms with Crippen molar-refractivity contribution in [3.8, 4) is 6.07 Å². The Hall–Kier alpha value is -2.08. The second-order valence-electron chi connectivity index (χ2n) is 3.55. The molecule has 0 spiro atoms. The number of nitriles is 1. The fourth-order valence-electron chi connectivity index (χ4n) is 1.77. The Morgan fingerprint density at radius 3 is 2.73 bits per heavy atom. The van der Waals surface area contributed by atoms with Crippen LogP contribution < -0.4 is 5.73 Å². The highest BCUT2D eigenvalue weighted by molar-refractivity contribution is 5.96. The molecule has 0 radical (unpaired) electrons. The first kappa shape index (κ1) is 9.47. The summed E-state index contributed by atoms with van der Waals surface area (Å²) in [5.74, 6) is 0. The van der Waals surface area contributed by atoms with Crippen LogP contribution in [-0.2, 0) is 0 Å². The minimum atomic E-state index is 0.531. The van der Waals surface area contributed by atoms with Gasteiger partial charge in [0.1, 0.15) is 6.07 Å². The number of hydrogen-bond donors (Lipinski definition) is 1. The van der Waals surface area contributed by atoms with Crippen molar-refractivity contribution in [3.05, 3.63) is 35.0 Å². The molecule has 3 heteroatoms. The number of fused-ring (bicyclic) bond motifs is 1. The van der Waals surface area contributed by atoms with Crippen molar-refractivity contribution in [3.63, 3.8) is 0 Å². The molecule has 1 aromatic heterocycles. The Balaban J connectivity index is 3.04. The van der Waals surface area contributed by atoms with E-state index in [1.807, 2.05) is 26.0 Å². The number of benzene rings is 1. The van der Waals surface area contributed by atoms with Crippen LogP contribution in [0.3, 0.4) is 0 Å². The molecule has 1 heterocycles. The van der Waals surface area contributed by atoms with Gasteiger partial charge >= 0.3 is 0 Å². The van der Waals surface area contributed by atoms with Crippen LogP contribution in [0.1, 0.15) is 16.7 Å². The number of nitrogens with two attached hydrogens (primary N) is 1. The number of nitrogen functional groups attached to an aromatic ring is 1. The van der Waals surface area contributed by atoms with Crippen molar-refractivity contribution in [2.24, 2.45) is 0 Å². The smallest absolute Gasteiger partial charge is 0.102 e. The SMILES string of the molecule is Cc1c(C#N)c(N)c2cccnc2c1C. The molecule has 3 nitrogen and oxygen atoms in total. The molecular formula is C12H11N3. The lowest BCUT2D eigenvalue weighted by Crippen LogP contribution is -1.99. The number of rotatable bonds is 0. The van der Waals surface area contributed by atoms with Crippen LogP contribution in [0.4, 0.5) is 5.69 Å². The van der Waals surface area contributed by atoms with Gasteiger partial charge in [-0.15, -0.1) is 0 Å². The summed E-state index contributed by atoms with van der Waals surface area (Å²) >= 11 is 0. The van der Waals surface area contributed by atoms with Gasteiger partial charge in [-0.2, -0.15) is 5.26 Å². The molecule has 2 aromatic rings. The zero-order valence-electron chi connectivity index (χ0n) is 8.70. The van der Waals surface area contributed by atoms with Gasteiger partial charge in [0.25, 0.3) is 0 Å². The van der Waals surface area contributed by atoms with E-state index < -0.39 is 0 Å². The summed E-state index contributed by atoms with van der Waals surface area (Å²) in [5.41, 5.74) is 9.85. The monoisotopic (exact) mass is 197 g/mol. The molecule has 0 amide bonds. The number of pyridine rings is 1. The molecule has 2 rings (SSSR count). The molecule has 0 saturated carbocycles. The van der Waals surface area contributed by atoms with Gasteiger partial charge in [-0.3, -0.25) is 4.98 Å². The molecule has 0 atom stereocenters. The Kier molecular flexibility index (Phi) is 2.05. The predicted molar refractivity (Wildman–Crippen MR) is 60.3 cm³/mol. The second kappa shape index (κ2) is 3.25. The maximum absolute atomic E-state index is 9.03. The summed E-state index contributed by atoms with van der Waals surface area (Å²) in [6.07, 6.45) is 1.74. The van der Waals surface area contributed by atoms with E-state index >= 15 is 0 Å². The molecule has 0 aliphatic rings. The molecule has 1 aromatic carbocycles. The van der Waals surface area contributed by atoms with Crippen molar-refractivity contribution in [1.82, 2.24) is 4.98 Å².